The van der Waals surface area contributed by atoms with Crippen LogP contribution in [0, 0.1) is 6.92 Å². The van der Waals surface area contributed by atoms with Crippen LogP contribution in [0.5, 0.6) is 0 Å². The second kappa shape index (κ2) is 9.54. The molecule has 0 N–H and O–H groups in total. The summed E-state index contributed by atoms with van der Waals surface area (Å²) in [6.07, 6.45) is 0.900. The van der Waals surface area contributed by atoms with Crippen LogP contribution in [0.15, 0.2) is 47.4 Å². The lowest BCUT2D eigenvalue weighted by molar-refractivity contribution is 0.0986. The van der Waals surface area contributed by atoms with E-state index in [1.807, 2.05) is 35.2 Å². The number of anilines is 1. The molecule has 1 amide bonds. The highest BCUT2D eigenvalue weighted by Crippen LogP contribution is 2.31. The van der Waals surface area contributed by atoms with Gasteiger partial charge in [-0.1, -0.05) is 24.3 Å². The fraction of sp³-hybridized carbons (Fsp3) is 0.364. The molecule has 0 radical (unpaired) electrons. The van der Waals surface area contributed by atoms with E-state index in [-0.39, 0.29) is 5.91 Å². The Hall–Kier alpha value is -1.89. The molecule has 2 aromatic carbocycles. The molecular formula is C22H27N3OS2. The largest absolute Gasteiger partial charge is 0.309 e. The van der Waals surface area contributed by atoms with Crippen LogP contribution in [-0.4, -0.2) is 48.7 Å². The van der Waals surface area contributed by atoms with Crippen molar-refractivity contribution >= 4 is 44.4 Å². The van der Waals surface area contributed by atoms with Gasteiger partial charge < -0.3 is 4.90 Å². The van der Waals surface area contributed by atoms with Crippen molar-refractivity contribution in [2.75, 3.05) is 37.8 Å². The van der Waals surface area contributed by atoms with Gasteiger partial charge >= 0.3 is 0 Å². The van der Waals surface area contributed by atoms with E-state index >= 15 is 0 Å². The van der Waals surface area contributed by atoms with Crippen molar-refractivity contribution in [2.24, 2.45) is 0 Å². The number of rotatable bonds is 8. The summed E-state index contributed by atoms with van der Waals surface area (Å²) < 4.78 is 1.12. The number of hydrogen-bond acceptors (Lipinski definition) is 5. The quantitative estimate of drug-likeness (QED) is 0.469. The lowest BCUT2D eigenvalue weighted by Crippen LogP contribution is -2.33. The number of hydrogen-bond donors (Lipinski definition) is 0. The Kier molecular flexibility index (Phi) is 7.10. The first-order chi connectivity index (χ1) is 13.5. The number of thioether (sulfide) groups is 1. The van der Waals surface area contributed by atoms with Crippen molar-refractivity contribution in [3.63, 3.8) is 0 Å². The number of thiazole rings is 1. The van der Waals surface area contributed by atoms with Gasteiger partial charge in [-0.25, -0.2) is 4.98 Å². The number of fused-ring (bicyclic) bond motifs is 1. The summed E-state index contributed by atoms with van der Waals surface area (Å²) in [5.74, 6) is 1.04. The minimum absolute atomic E-state index is 0.0163. The number of aryl methyl sites for hydroxylation is 1. The molecule has 3 rings (SSSR count). The van der Waals surface area contributed by atoms with Crippen LogP contribution < -0.4 is 4.90 Å². The topological polar surface area (TPSA) is 36.4 Å². The van der Waals surface area contributed by atoms with E-state index in [2.05, 4.69) is 45.0 Å². The van der Waals surface area contributed by atoms with Crippen LogP contribution in [0.4, 0.5) is 5.13 Å². The van der Waals surface area contributed by atoms with E-state index in [1.54, 1.807) is 23.1 Å². The third kappa shape index (κ3) is 5.13. The first-order valence-corrected chi connectivity index (χ1v) is 11.3. The number of benzene rings is 2. The van der Waals surface area contributed by atoms with Crippen LogP contribution in [0.2, 0.25) is 0 Å². The minimum Gasteiger partial charge on any atom is -0.309 e. The molecule has 0 atom stereocenters. The first kappa shape index (κ1) is 20.8. The Bertz CT molecular complexity index is 935. The van der Waals surface area contributed by atoms with E-state index in [0.29, 0.717) is 12.1 Å². The van der Waals surface area contributed by atoms with Crippen LogP contribution in [0.25, 0.3) is 10.2 Å². The molecule has 0 spiro atoms. The number of carbonyl (C=O) groups excluding carboxylic acids is 1. The maximum absolute atomic E-state index is 13.3. The van der Waals surface area contributed by atoms with E-state index in [0.717, 1.165) is 34.1 Å². The predicted molar refractivity (Wildman–Crippen MR) is 122 cm³/mol. The van der Waals surface area contributed by atoms with Crippen molar-refractivity contribution in [1.82, 2.24) is 9.88 Å². The third-order valence-electron chi connectivity index (χ3n) is 4.41. The first-order valence-electron chi connectivity index (χ1n) is 9.54. The summed E-state index contributed by atoms with van der Waals surface area (Å²) in [5.41, 5.74) is 2.86. The number of carbonyl (C=O) groups is 1. The molecule has 0 fully saturated rings. The molecule has 4 nitrogen and oxygen atoms in total. The maximum atomic E-state index is 13.3. The molecule has 1 aromatic heterocycles. The van der Waals surface area contributed by atoms with Crippen molar-refractivity contribution in [3.05, 3.63) is 53.6 Å². The number of nitrogens with zero attached hydrogens (tertiary/aromatic N) is 3. The Morgan fingerprint density at radius 3 is 2.54 bits per heavy atom. The Labute approximate surface area is 175 Å². The number of amides is 1. The zero-order chi connectivity index (χ0) is 20.1. The summed E-state index contributed by atoms with van der Waals surface area (Å²) in [5, 5.41) is 0.774. The Morgan fingerprint density at radius 1 is 1.11 bits per heavy atom. The van der Waals surface area contributed by atoms with Crippen molar-refractivity contribution in [1.29, 1.82) is 0 Å². The second-order valence-electron chi connectivity index (χ2n) is 7.04. The van der Waals surface area contributed by atoms with Gasteiger partial charge in [0.25, 0.3) is 5.91 Å². The molecule has 0 saturated heterocycles. The van der Waals surface area contributed by atoms with E-state index < -0.39 is 0 Å². The molecule has 28 heavy (non-hydrogen) atoms. The minimum atomic E-state index is 0.0163. The Morgan fingerprint density at radius 2 is 1.86 bits per heavy atom. The summed E-state index contributed by atoms with van der Waals surface area (Å²) in [4.78, 5) is 23.2. The van der Waals surface area contributed by atoms with Gasteiger partial charge in [-0.15, -0.1) is 11.8 Å². The van der Waals surface area contributed by atoms with Crippen molar-refractivity contribution < 1.29 is 4.79 Å². The van der Waals surface area contributed by atoms with Crippen LogP contribution in [-0.2, 0) is 0 Å². The molecule has 148 valence electrons. The highest BCUT2D eigenvalue weighted by atomic mass is 32.2. The molecule has 1 heterocycles. The van der Waals surface area contributed by atoms with E-state index in [1.165, 1.54) is 10.5 Å². The average molecular weight is 414 g/mol. The standard InChI is InChI=1S/C22H27N3OS2/c1-5-27-18-10-8-17(9-11-18)21(26)25(14-6-13-24(3)4)22-23-19-12-7-16(2)15-20(19)28-22/h7-12,15H,5-6,13-14H2,1-4H3. The zero-order valence-electron chi connectivity index (χ0n) is 16.9. The van der Waals surface area contributed by atoms with Gasteiger partial charge in [-0.3, -0.25) is 9.69 Å². The van der Waals surface area contributed by atoms with Crippen molar-refractivity contribution in [2.45, 2.75) is 25.2 Å². The zero-order valence-corrected chi connectivity index (χ0v) is 18.6. The summed E-state index contributed by atoms with van der Waals surface area (Å²) in [6, 6.07) is 14.1. The average Bonchev–Trinajstić information content (AvgIpc) is 3.08. The molecule has 3 aromatic rings. The van der Waals surface area contributed by atoms with Gasteiger partial charge in [0.05, 0.1) is 10.2 Å². The Balaban J connectivity index is 1.89. The normalized spacial score (nSPS) is 11.3. The second-order valence-corrected chi connectivity index (χ2v) is 9.39. The summed E-state index contributed by atoms with van der Waals surface area (Å²) >= 11 is 3.37. The van der Waals surface area contributed by atoms with Gasteiger partial charge in [-0.05, 0) is 81.7 Å². The predicted octanol–water partition coefficient (Wildman–Crippen LogP) is 5.32. The third-order valence-corrected chi connectivity index (χ3v) is 6.34. The molecule has 0 aliphatic heterocycles. The lowest BCUT2D eigenvalue weighted by atomic mass is 10.2. The molecule has 0 unspecified atom stereocenters. The van der Waals surface area contributed by atoms with E-state index in [9.17, 15) is 4.79 Å². The maximum Gasteiger partial charge on any atom is 0.260 e. The van der Waals surface area contributed by atoms with Crippen LogP contribution >= 0.6 is 23.1 Å². The van der Waals surface area contributed by atoms with Gasteiger partial charge in [0, 0.05) is 17.0 Å². The molecular weight excluding hydrogens is 386 g/mol. The van der Waals surface area contributed by atoms with Crippen LogP contribution in [0.3, 0.4) is 0 Å². The summed E-state index contributed by atoms with van der Waals surface area (Å²) in [7, 11) is 4.10. The molecule has 0 bridgehead atoms. The highest BCUT2D eigenvalue weighted by Gasteiger charge is 2.21. The van der Waals surface area contributed by atoms with Gasteiger partial charge in [0.1, 0.15) is 0 Å². The smallest absolute Gasteiger partial charge is 0.260 e. The SMILES string of the molecule is CCSc1ccc(C(=O)N(CCCN(C)C)c2nc3ccc(C)cc3s2)cc1. The van der Waals surface area contributed by atoms with E-state index in [4.69, 9.17) is 4.98 Å². The van der Waals surface area contributed by atoms with Gasteiger partial charge in [0.2, 0.25) is 0 Å². The molecule has 0 saturated carbocycles. The number of aromatic nitrogens is 1. The molecule has 0 aliphatic carbocycles. The van der Waals surface area contributed by atoms with Crippen LogP contribution in [0.1, 0.15) is 29.3 Å². The van der Waals surface area contributed by atoms with Crippen molar-refractivity contribution in [3.8, 4) is 0 Å². The molecule has 0 aliphatic rings. The molecule has 6 heteroatoms. The fourth-order valence-electron chi connectivity index (χ4n) is 2.98. The lowest BCUT2D eigenvalue weighted by Gasteiger charge is -2.21. The van der Waals surface area contributed by atoms with Gasteiger partial charge in [0.15, 0.2) is 5.13 Å². The summed E-state index contributed by atoms with van der Waals surface area (Å²) in [6.45, 7) is 5.79. The fourth-order valence-corrected chi connectivity index (χ4v) is 4.73. The highest BCUT2D eigenvalue weighted by molar-refractivity contribution is 7.99. The monoisotopic (exact) mass is 413 g/mol. The van der Waals surface area contributed by atoms with Gasteiger partial charge in [-0.2, -0.15) is 0 Å².